The Morgan fingerprint density at radius 1 is 1.26 bits per heavy atom. The molecule has 5 nitrogen and oxygen atoms in total. The van der Waals surface area contributed by atoms with Crippen LogP contribution in [0.2, 0.25) is 0 Å². The molecule has 0 aromatic carbocycles. The first-order chi connectivity index (χ1) is 9.19. The number of pyridine rings is 1. The molecule has 0 bridgehead atoms. The van der Waals surface area contributed by atoms with Gasteiger partial charge in [-0.3, -0.25) is 4.98 Å². The van der Waals surface area contributed by atoms with E-state index >= 15 is 0 Å². The van der Waals surface area contributed by atoms with E-state index in [2.05, 4.69) is 27.2 Å². The molecular formula is C14H18N4O. The van der Waals surface area contributed by atoms with E-state index in [0.29, 0.717) is 18.3 Å². The molecule has 0 fully saturated rings. The van der Waals surface area contributed by atoms with Crippen LogP contribution in [0.25, 0.3) is 0 Å². The zero-order valence-electron chi connectivity index (χ0n) is 11.4. The van der Waals surface area contributed by atoms with Crippen LogP contribution in [0.3, 0.4) is 0 Å². The first-order valence-electron chi connectivity index (χ1n) is 6.34. The quantitative estimate of drug-likeness (QED) is 0.893. The summed E-state index contributed by atoms with van der Waals surface area (Å²) in [6, 6.07) is 5.92. The van der Waals surface area contributed by atoms with Gasteiger partial charge in [0.05, 0.1) is 12.6 Å². The second-order valence-corrected chi connectivity index (χ2v) is 4.22. The standard InChI is InChI=1S/C14H18N4O/c1-4-19-14-9-13(17-11(3)18-14)16-10(2)12-5-7-15-8-6-12/h5-10H,4H2,1-3H3,(H,16,17,18). The third-order valence-corrected chi connectivity index (χ3v) is 2.68. The molecule has 2 rings (SSSR count). The lowest BCUT2D eigenvalue weighted by molar-refractivity contribution is 0.325. The number of ether oxygens (including phenoxy) is 1. The summed E-state index contributed by atoms with van der Waals surface area (Å²) in [5.41, 5.74) is 1.16. The van der Waals surface area contributed by atoms with E-state index in [1.54, 1.807) is 12.4 Å². The largest absolute Gasteiger partial charge is 0.478 e. The summed E-state index contributed by atoms with van der Waals surface area (Å²) in [4.78, 5) is 12.6. The van der Waals surface area contributed by atoms with Crippen molar-refractivity contribution >= 4 is 5.82 Å². The number of anilines is 1. The van der Waals surface area contributed by atoms with Gasteiger partial charge in [0.2, 0.25) is 5.88 Å². The van der Waals surface area contributed by atoms with E-state index in [4.69, 9.17) is 4.74 Å². The third kappa shape index (κ3) is 3.64. The SMILES string of the molecule is CCOc1cc(NC(C)c2ccncc2)nc(C)n1. The minimum atomic E-state index is 0.145. The Hall–Kier alpha value is -2.17. The summed E-state index contributed by atoms with van der Waals surface area (Å²) in [5, 5.41) is 3.34. The van der Waals surface area contributed by atoms with Crippen LogP contribution in [0.5, 0.6) is 5.88 Å². The van der Waals surface area contributed by atoms with Crippen LogP contribution in [0, 0.1) is 6.92 Å². The number of hydrogen-bond acceptors (Lipinski definition) is 5. The molecule has 0 saturated heterocycles. The van der Waals surface area contributed by atoms with E-state index in [1.807, 2.05) is 32.0 Å². The van der Waals surface area contributed by atoms with Gasteiger partial charge in [0, 0.05) is 18.5 Å². The van der Waals surface area contributed by atoms with Crippen molar-refractivity contribution in [1.82, 2.24) is 15.0 Å². The van der Waals surface area contributed by atoms with Gasteiger partial charge in [0.1, 0.15) is 11.6 Å². The van der Waals surface area contributed by atoms with Gasteiger partial charge in [0.25, 0.3) is 0 Å². The first-order valence-corrected chi connectivity index (χ1v) is 6.34. The molecule has 0 saturated carbocycles. The van der Waals surface area contributed by atoms with Crippen LogP contribution >= 0.6 is 0 Å². The molecule has 0 spiro atoms. The van der Waals surface area contributed by atoms with Gasteiger partial charge in [-0.05, 0) is 38.5 Å². The lowest BCUT2D eigenvalue weighted by Crippen LogP contribution is -2.09. The number of aromatic nitrogens is 3. The van der Waals surface area contributed by atoms with Crippen molar-refractivity contribution < 1.29 is 4.74 Å². The maximum atomic E-state index is 5.41. The molecule has 0 amide bonds. The van der Waals surface area contributed by atoms with Crippen LogP contribution in [0.1, 0.15) is 31.3 Å². The monoisotopic (exact) mass is 258 g/mol. The van der Waals surface area contributed by atoms with E-state index in [0.717, 1.165) is 11.4 Å². The lowest BCUT2D eigenvalue weighted by Gasteiger charge is -2.15. The highest BCUT2D eigenvalue weighted by Gasteiger charge is 2.08. The Morgan fingerprint density at radius 2 is 2.00 bits per heavy atom. The average Bonchev–Trinajstić information content (AvgIpc) is 2.39. The molecule has 19 heavy (non-hydrogen) atoms. The highest BCUT2D eigenvalue weighted by atomic mass is 16.5. The predicted molar refractivity (Wildman–Crippen MR) is 74.2 cm³/mol. The Morgan fingerprint density at radius 3 is 2.68 bits per heavy atom. The van der Waals surface area contributed by atoms with E-state index in [1.165, 1.54) is 0 Å². The predicted octanol–water partition coefficient (Wildman–Crippen LogP) is 2.75. The lowest BCUT2D eigenvalue weighted by atomic mass is 10.1. The highest BCUT2D eigenvalue weighted by molar-refractivity contribution is 5.41. The van der Waals surface area contributed by atoms with Crippen molar-refractivity contribution in [2.24, 2.45) is 0 Å². The Kier molecular flexibility index (Phi) is 4.28. The Labute approximate surface area is 113 Å². The van der Waals surface area contributed by atoms with Gasteiger partial charge >= 0.3 is 0 Å². The van der Waals surface area contributed by atoms with Gasteiger partial charge in [-0.1, -0.05) is 0 Å². The molecule has 1 unspecified atom stereocenters. The molecule has 1 atom stereocenters. The maximum Gasteiger partial charge on any atom is 0.218 e. The molecule has 5 heteroatoms. The minimum absolute atomic E-state index is 0.145. The number of nitrogens with zero attached hydrogens (tertiary/aromatic N) is 3. The minimum Gasteiger partial charge on any atom is -0.478 e. The van der Waals surface area contributed by atoms with Crippen LogP contribution in [-0.4, -0.2) is 21.6 Å². The van der Waals surface area contributed by atoms with Crippen molar-refractivity contribution in [3.63, 3.8) is 0 Å². The van der Waals surface area contributed by atoms with Crippen molar-refractivity contribution in [2.45, 2.75) is 26.8 Å². The van der Waals surface area contributed by atoms with Crippen molar-refractivity contribution in [3.8, 4) is 5.88 Å². The molecule has 0 radical (unpaired) electrons. The van der Waals surface area contributed by atoms with Gasteiger partial charge in [-0.2, -0.15) is 4.98 Å². The summed E-state index contributed by atoms with van der Waals surface area (Å²) in [5.74, 6) is 2.05. The van der Waals surface area contributed by atoms with Crippen molar-refractivity contribution in [2.75, 3.05) is 11.9 Å². The molecule has 0 aliphatic rings. The van der Waals surface area contributed by atoms with Gasteiger partial charge in [-0.15, -0.1) is 0 Å². The third-order valence-electron chi connectivity index (χ3n) is 2.68. The summed E-state index contributed by atoms with van der Waals surface area (Å²) in [6.45, 7) is 6.46. The Balaban J connectivity index is 2.14. The summed E-state index contributed by atoms with van der Waals surface area (Å²) >= 11 is 0. The summed E-state index contributed by atoms with van der Waals surface area (Å²) in [7, 11) is 0. The van der Waals surface area contributed by atoms with Crippen LogP contribution in [0.4, 0.5) is 5.82 Å². The molecule has 2 heterocycles. The van der Waals surface area contributed by atoms with Crippen molar-refractivity contribution in [1.29, 1.82) is 0 Å². The molecule has 2 aromatic rings. The summed E-state index contributed by atoms with van der Waals surface area (Å²) < 4.78 is 5.41. The number of rotatable bonds is 5. The Bertz CT molecular complexity index is 530. The number of aryl methyl sites for hydroxylation is 1. The van der Waals surface area contributed by atoms with Gasteiger partial charge in [0.15, 0.2) is 0 Å². The van der Waals surface area contributed by atoms with E-state index in [-0.39, 0.29) is 6.04 Å². The van der Waals surface area contributed by atoms with Crippen LogP contribution < -0.4 is 10.1 Å². The fourth-order valence-electron chi connectivity index (χ4n) is 1.79. The molecule has 100 valence electrons. The normalized spacial score (nSPS) is 11.9. The number of hydrogen-bond donors (Lipinski definition) is 1. The second-order valence-electron chi connectivity index (χ2n) is 4.22. The fourth-order valence-corrected chi connectivity index (χ4v) is 1.79. The average molecular weight is 258 g/mol. The topological polar surface area (TPSA) is 59.9 Å². The molecule has 0 aliphatic carbocycles. The van der Waals surface area contributed by atoms with Crippen molar-refractivity contribution in [3.05, 3.63) is 42.0 Å². The molecule has 1 N–H and O–H groups in total. The first kappa shape index (κ1) is 13.3. The van der Waals surface area contributed by atoms with E-state index in [9.17, 15) is 0 Å². The molecule has 2 aromatic heterocycles. The van der Waals surface area contributed by atoms with Crippen LogP contribution in [0.15, 0.2) is 30.6 Å². The zero-order valence-corrected chi connectivity index (χ0v) is 11.4. The molecule has 0 aliphatic heterocycles. The van der Waals surface area contributed by atoms with E-state index < -0.39 is 0 Å². The molecular weight excluding hydrogens is 240 g/mol. The van der Waals surface area contributed by atoms with Crippen LogP contribution in [-0.2, 0) is 0 Å². The smallest absolute Gasteiger partial charge is 0.218 e. The summed E-state index contributed by atoms with van der Waals surface area (Å²) in [6.07, 6.45) is 3.56. The highest BCUT2D eigenvalue weighted by Crippen LogP contribution is 2.19. The van der Waals surface area contributed by atoms with Gasteiger partial charge < -0.3 is 10.1 Å². The maximum absolute atomic E-state index is 5.41. The zero-order chi connectivity index (χ0) is 13.7. The second kappa shape index (κ2) is 6.13. The number of nitrogens with one attached hydrogen (secondary N) is 1. The fraction of sp³-hybridized carbons (Fsp3) is 0.357. The van der Waals surface area contributed by atoms with Gasteiger partial charge in [-0.25, -0.2) is 4.98 Å².